The summed E-state index contributed by atoms with van der Waals surface area (Å²) in [5.41, 5.74) is 2.71. The van der Waals surface area contributed by atoms with Crippen molar-refractivity contribution >= 4 is 27.5 Å². The molecular formula is C16H16BrClO2. The van der Waals surface area contributed by atoms with Crippen LogP contribution < -0.4 is 4.74 Å². The van der Waals surface area contributed by atoms with Crippen LogP contribution in [0.4, 0.5) is 0 Å². The Labute approximate surface area is 132 Å². The molecule has 4 heteroatoms. The number of methoxy groups -OCH3 is 1. The fourth-order valence-electron chi connectivity index (χ4n) is 2.21. The fourth-order valence-corrected chi connectivity index (χ4v) is 2.80. The maximum atomic E-state index is 10.5. The van der Waals surface area contributed by atoms with Gasteiger partial charge in [-0.1, -0.05) is 39.7 Å². The number of halogens is 2. The van der Waals surface area contributed by atoms with Gasteiger partial charge in [0.05, 0.1) is 13.2 Å². The maximum Gasteiger partial charge on any atom is 0.122 e. The fraction of sp³-hybridized carbons (Fsp3) is 0.250. The van der Waals surface area contributed by atoms with E-state index in [-0.39, 0.29) is 0 Å². The molecule has 2 nitrogen and oxygen atoms in total. The summed E-state index contributed by atoms with van der Waals surface area (Å²) in [5, 5.41) is 11.1. The maximum absolute atomic E-state index is 10.5. The Balaban J connectivity index is 2.30. The SMILES string of the molecule is COc1ccc(Br)cc1CC(O)c1cccc(Cl)c1C. The van der Waals surface area contributed by atoms with Gasteiger partial charge in [-0.15, -0.1) is 0 Å². The first-order valence-electron chi connectivity index (χ1n) is 6.28. The minimum absolute atomic E-state index is 0.476. The number of aliphatic hydroxyl groups is 1. The van der Waals surface area contributed by atoms with Gasteiger partial charge in [-0.05, 0) is 47.9 Å². The van der Waals surface area contributed by atoms with Gasteiger partial charge in [0.1, 0.15) is 5.75 Å². The monoisotopic (exact) mass is 354 g/mol. The van der Waals surface area contributed by atoms with Gasteiger partial charge < -0.3 is 9.84 Å². The van der Waals surface area contributed by atoms with Crippen molar-refractivity contribution in [2.24, 2.45) is 0 Å². The van der Waals surface area contributed by atoms with Crippen LogP contribution in [0.25, 0.3) is 0 Å². The molecule has 20 heavy (non-hydrogen) atoms. The summed E-state index contributed by atoms with van der Waals surface area (Å²) >= 11 is 9.54. The number of ether oxygens (including phenoxy) is 1. The molecule has 2 aromatic carbocycles. The second kappa shape index (κ2) is 6.61. The van der Waals surface area contributed by atoms with E-state index >= 15 is 0 Å². The van der Waals surface area contributed by atoms with E-state index in [2.05, 4.69) is 15.9 Å². The number of rotatable bonds is 4. The number of aliphatic hydroxyl groups excluding tert-OH is 1. The topological polar surface area (TPSA) is 29.5 Å². The summed E-state index contributed by atoms with van der Waals surface area (Å²) in [5.74, 6) is 0.770. The summed E-state index contributed by atoms with van der Waals surface area (Å²) in [6.07, 6.45) is -0.138. The van der Waals surface area contributed by atoms with Crippen molar-refractivity contribution < 1.29 is 9.84 Å². The van der Waals surface area contributed by atoms with E-state index in [1.165, 1.54) is 0 Å². The van der Waals surface area contributed by atoms with Crippen molar-refractivity contribution in [2.75, 3.05) is 7.11 Å². The van der Waals surface area contributed by atoms with Crippen LogP contribution in [-0.2, 0) is 6.42 Å². The van der Waals surface area contributed by atoms with Crippen molar-refractivity contribution in [3.63, 3.8) is 0 Å². The normalized spacial score (nSPS) is 12.2. The van der Waals surface area contributed by atoms with Crippen molar-refractivity contribution in [1.29, 1.82) is 0 Å². The number of hydrogen-bond acceptors (Lipinski definition) is 2. The standard InChI is InChI=1S/C16H16BrClO2/c1-10-13(4-3-5-14(10)18)15(19)9-11-8-12(17)6-7-16(11)20-2/h3-8,15,19H,9H2,1-2H3. The van der Waals surface area contributed by atoms with Crippen LogP contribution in [0.3, 0.4) is 0 Å². The molecule has 0 saturated heterocycles. The second-order valence-corrected chi connectivity index (χ2v) is 5.95. The molecule has 0 amide bonds. The van der Waals surface area contributed by atoms with Crippen LogP contribution in [0.1, 0.15) is 22.8 Å². The van der Waals surface area contributed by atoms with Gasteiger partial charge in [0, 0.05) is 15.9 Å². The van der Waals surface area contributed by atoms with Gasteiger partial charge in [0.2, 0.25) is 0 Å². The average Bonchev–Trinajstić information content (AvgIpc) is 2.42. The zero-order valence-corrected chi connectivity index (χ0v) is 13.7. The molecule has 0 bridgehead atoms. The molecular weight excluding hydrogens is 340 g/mol. The molecule has 106 valence electrons. The Bertz CT molecular complexity index is 613. The largest absolute Gasteiger partial charge is 0.496 e. The molecule has 0 radical (unpaired) electrons. The van der Waals surface area contributed by atoms with Gasteiger partial charge in [-0.3, -0.25) is 0 Å². The molecule has 0 spiro atoms. The van der Waals surface area contributed by atoms with E-state index in [1.54, 1.807) is 7.11 Å². The Hall–Kier alpha value is -1.03. The van der Waals surface area contributed by atoms with Gasteiger partial charge in [-0.2, -0.15) is 0 Å². The van der Waals surface area contributed by atoms with Crippen LogP contribution in [-0.4, -0.2) is 12.2 Å². The molecule has 0 aliphatic rings. The predicted octanol–water partition coefficient (Wildman–Crippen LogP) is 4.70. The zero-order valence-electron chi connectivity index (χ0n) is 11.4. The third-order valence-corrected chi connectivity index (χ3v) is 4.23. The van der Waals surface area contributed by atoms with E-state index in [0.717, 1.165) is 26.9 Å². The highest BCUT2D eigenvalue weighted by atomic mass is 79.9. The summed E-state index contributed by atoms with van der Waals surface area (Å²) in [7, 11) is 1.63. The van der Waals surface area contributed by atoms with Crippen LogP contribution >= 0.6 is 27.5 Å². The van der Waals surface area contributed by atoms with Crippen molar-refractivity contribution in [3.05, 3.63) is 62.6 Å². The summed E-state index contributed by atoms with van der Waals surface area (Å²) in [6, 6.07) is 11.3. The first-order valence-corrected chi connectivity index (χ1v) is 7.45. The summed E-state index contributed by atoms with van der Waals surface area (Å²) < 4.78 is 6.29. The lowest BCUT2D eigenvalue weighted by atomic mass is 9.97. The van der Waals surface area contributed by atoms with E-state index < -0.39 is 6.10 Å². The Morgan fingerprint density at radius 1 is 1.30 bits per heavy atom. The smallest absolute Gasteiger partial charge is 0.122 e. The molecule has 1 N–H and O–H groups in total. The Kier molecular flexibility index (Phi) is 5.08. The highest BCUT2D eigenvalue weighted by Crippen LogP contribution is 2.30. The van der Waals surface area contributed by atoms with Gasteiger partial charge in [-0.25, -0.2) is 0 Å². The molecule has 0 heterocycles. The molecule has 0 aliphatic heterocycles. The lowest BCUT2D eigenvalue weighted by Crippen LogP contribution is -2.05. The number of benzene rings is 2. The van der Waals surface area contributed by atoms with Crippen LogP contribution in [0.5, 0.6) is 5.75 Å². The molecule has 2 aromatic rings. The lowest BCUT2D eigenvalue weighted by Gasteiger charge is -2.16. The van der Waals surface area contributed by atoms with Gasteiger partial charge in [0.25, 0.3) is 0 Å². The molecule has 0 aliphatic carbocycles. The van der Waals surface area contributed by atoms with E-state index in [4.69, 9.17) is 16.3 Å². The Morgan fingerprint density at radius 2 is 2.05 bits per heavy atom. The van der Waals surface area contributed by atoms with Crippen LogP contribution in [0.2, 0.25) is 5.02 Å². The molecule has 2 rings (SSSR count). The number of hydrogen-bond donors (Lipinski definition) is 1. The minimum Gasteiger partial charge on any atom is -0.496 e. The second-order valence-electron chi connectivity index (χ2n) is 4.63. The zero-order chi connectivity index (χ0) is 14.7. The van der Waals surface area contributed by atoms with Crippen molar-refractivity contribution in [1.82, 2.24) is 0 Å². The Morgan fingerprint density at radius 3 is 2.75 bits per heavy atom. The molecule has 0 aromatic heterocycles. The van der Waals surface area contributed by atoms with E-state index in [0.29, 0.717) is 11.4 Å². The highest BCUT2D eigenvalue weighted by molar-refractivity contribution is 9.10. The van der Waals surface area contributed by atoms with Gasteiger partial charge >= 0.3 is 0 Å². The third-order valence-electron chi connectivity index (χ3n) is 3.32. The van der Waals surface area contributed by atoms with Crippen LogP contribution in [0.15, 0.2) is 40.9 Å². The first kappa shape index (κ1) is 15.4. The molecule has 1 atom stereocenters. The van der Waals surface area contributed by atoms with Crippen molar-refractivity contribution in [2.45, 2.75) is 19.4 Å². The predicted molar refractivity (Wildman–Crippen MR) is 85.5 cm³/mol. The molecule has 1 unspecified atom stereocenters. The van der Waals surface area contributed by atoms with Crippen molar-refractivity contribution in [3.8, 4) is 5.75 Å². The minimum atomic E-state index is -0.614. The third kappa shape index (κ3) is 3.35. The highest BCUT2D eigenvalue weighted by Gasteiger charge is 2.15. The van der Waals surface area contributed by atoms with Crippen LogP contribution in [0, 0.1) is 6.92 Å². The molecule has 0 fully saturated rings. The molecule has 0 saturated carbocycles. The summed E-state index contributed by atoms with van der Waals surface area (Å²) in [6.45, 7) is 1.92. The van der Waals surface area contributed by atoms with E-state index in [1.807, 2.05) is 43.3 Å². The van der Waals surface area contributed by atoms with Gasteiger partial charge in [0.15, 0.2) is 0 Å². The average molecular weight is 356 g/mol. The quantitative estimate of drug-likeness (QED) is 0.861. The first-order chi connectivity index (χ1) is 9.52. The summed E-state index contributed by atoms with van der Waals surface area (Å²) in [4.78, 5) is 0. The van der Waals surface area contributed by atoms with E-state index in [9.17, 15) is 5.11 Å². The lowest BCUT2D eigenvalue weighted by molar-refractivity contribution is 0.176.